The Morgan fingerprint density at radius 3 is 2.58 bits per heavy atom. The number of carbonyl (C=O) groups is 3. The largest absolute Gasteiger partial charge is 0.483 e. The molecular weight excluding hydrogens is 424 g/mol. The first-order chi connectivity index (χ1) is 15.9. The number of fused-ring (bicyclic) bond motifs is 1. The van der Waals surface area contributed by atoms with E-state index < -0.39 is 5.41 Å². The molecule has 178 valence electrons. The van der Waals surface area contributed by atoms with E-state index in [-0.39, 0.29) is 24.5 Å². The van der Waals surface area contributed by atoms with Crippen LogP contribution in [0.5, 0.6) is 0 Å². The summed E-state index contributed by atoms with van der Waals surface area (Å²) in [6, 6.07) is 8.06. The highest BCUT2D eigenvalue weighted by molar-refractivity contribution is 5.83. The molecule has 3 heterocycles. The second-order valence-corrected chi connectivity index (χ2v) is 9.58. The lowest BCUT2D eigenvalue weighted by Gasteiger charge is -2.36. The fourth-order valence-corrected chi connectivity index (χ4v) is 5.09. The van der Waals surface area contributed by atoms with Gasteiger partial charge >= 0.3 is 5.97 Å². The van der Waals surface area contributed by atoms with E-state index >= 15 is 0 Å². The van der Waals surface area contributed by atoms with Crippen molar-refractivity contribution in [2.75, 3.05) is 33.7 Å². The Hall–Kier alpha value is -2.94. The molecule has 1 aromatic carbocycles. The Morgan fingerprint density at radius 1 is 1.27 bits per heavy atom. The second-order valence-electron chi connectivity index (χ2n) is 9.58. The van der Waals surface area contributed by atoms with Crippen LogP contribution in [0.15, 0.2) is 24.3 Å². The van der Waals surface area contributed by atoms with Crippen LogP contribution in [0.2, 0.25) is 0 Å². The molecule has 1 N–H and O–H groups in total. The predicted molar refractivity (Wildman–Crippen MR) is 122 cm³/mol. The lowest BCUT2D eigenvalue weighted by molar-refractivity contribution is -0.152. The number of hydrogen-bond donors (Lipinski definition) is 1. The quantitative estimate of drug-likeness (QED) is 0.543. The molecule has 1 amide bonds. The zero-order valence-electron chi connectivity index (χ0n) is 19.3. The highest BCUT2D eigenvalue weighted by atomic mass is 16.6. The molecule has 1 unspecified atom stereocenters. The van der Waals surface area contributed by atoms with Gasteiger partial charge in [-0.1, -0.05) is 12.1 Å². The van der Waals surface area contributed by atoms with Gasteiger partial charge in [-0.25, -0.2) is 4.98 Å². The van der Waals surface area contributed by atoms with Gasteiger partial charge in [-0.2, -0.15) is 0 Å². The van der Waals surface area contributed by atoms with E-state index in [1.807, 2.05) is 43.3 Å². The minimum Gasteiger partial charge on any atom is -0.483 e. The summed E-state index contributed by atoms with van der Waals surface area (Å²) in [6.07, 6.45) is 4.43. The number of carbonyl (C=O) groups excluding carboxylic acids is 2. The second kappa shape index (κ2) is 9.51. The molecule has 9 nitrogen and oxygen atoms in total. The number of nitrogens with zero attached hydrogens (tertiary/aromatic N) is 4. The summed E-state index contributed by atoms with van der Waals surface area (Å²) in [5.41, 5.74) is 1.59. The average Bonchev–Trinajstić information content (AvgIpc) is 3.50. The van der Waals surface area contributed by atoms with Gasteiger partial charge in [-0.3, -0.25) is 14.4 Å². The summed E-state index contributed by atoms with van der Waals surface area (Å²) in [5, 5.41) is 6.89. The summed E-state index contributed by atoms with van der Waals surface area (Å²) in [7, 11) is 3.99. The van der Waals surface area contributed by atoms with Gasteiger partial charge in [0.15, 0.2) is 0 Å². The van der Waals surface area contributed by atoms with Crippen LogP contribution < -0.4 is 0 Å². The van der Waals surface area contributed by atoms with Crippen LogP contribution in [0, 0.1) is 5.41 Å². The maximum atomic E-state index is 13.2. The topological polar surface area (TPSA) is 105 Å². The third-order valence-corrected chi connectivity index (χ3v) is 6.89. The molecule has 2 aliphatic heterocycles. The van der Waals surface area contributed by atoms with E-state index in [2.05, 4.69) is 9.47 Å². The molecule has 1 saturated carbocycles. The van der Waals surface area contributed by atoms with Gasteiger partial charge in [-0.15, -0.1) is 0 Å². The van der Waals surface area contributed by atoms with E-state index in [0.29, 0.717) is 38.4 Å². The highest BCUT2D eigenvalue weighted by Crippen LogP contribution is 2.43. The monoisotopic (exact) mass is 456 g/mol. The number of imidazole rings is 1. The average molecular weight is 457 g/mol. The Kier molecular flexibility index (Phi) is 6.69. The minimum atomic E-state index is -0.404. The van der Waals surface area contributed by atoms with Crippen LogP contribution in [-0.2, 0) is 25.7 Å². The van der Waals surface area contributed by atoms with E-state index in [4.69, 9.17) is 19.6 Å². The lowest BCUT2D eigenvalue weighted by atomic mass is 9.76. The van der Waals surface area contributed by atoms with Gasteiger partial charge in [0.2, 0.25) is 5.91 Å². The number of likely N-dealkylation sites (tertiary alicyclic amines) is 1. The van der Waals surface area contributed by atoms with Gasteiger partial charge < -0.3 is 24.2 Å². The van der Waals surface area contributed by atoms with Crippen molar-refractivity contribution in [1.82, 2.24) is 19.4 Å². The lowest BCUT2D eigenvalue weighted by Crippen LogP contribution is -2.46. The van der Waals surface area contributed by atoms with Crippen molar-refractivity contribution in [2.45, 2.75) is 50.7 Å². The molecule has 5 rings (SSSR count). The minimum absolute atomic E-state index is 0.0341. The molecule has 1 aromatic heterocycles. The van der Waals surface area contributed by atoms with Gasteiger partial charge in [0, 0.05) is 32.0 Å². The number of rotatable bonds is 5. The number of cyclic esters (lactones) is 1. The first-order valence-corrected chi connectivity index (χ1v) is 11.5. The summed E-state index contributed by atoms with van der Waals surface area (Å²) in [4.78, 5) is 42.9. The Bertz CT molecular complexity index is 1020. The van der Waals surface area contributed by atoms with E-state index in [1.165, 1.54) is 0 Å². The van der Waals surface area contributed by atoms with Crippen LogP contribution in [0.25, 0.3) is 11.0 Å². The fourth-order valence-electron chi connectivity index (χ4n) is 5.09. The van der Waals surface area contributed by atoms with Gasteiger partial charge in [0.1, 0.15) is 18.5 Å². The first kappa shape index (κ1) is 23.2. The molecule has 0 radical (unpaired) electrons. The van der Waals surface area contributed by atoms with E-state index in [9.17, 15) is 9.59 Å². The molecule has 1 spiro atoms. The van der Waals surface area contributed by atoms with Crippen LogP contribution in [0.3, 0.4) is 0 Å². The number of piperidine rings is 1. The van der Waals surface area contributed by atoms with Gasteiger partial charge in [0.25, 0.3) is 6.47 Å². The summed E-state index contributed by atoms with van der Waals surface area (Å²) >= 11 is 0. The van der Waals surface area contributed by atoms with Crippen LogP contribution in [0.4, 0.5) is 0 Å². The molecule has 3 fully saturated rings. The first-order valence-electron chi connectivity index (χ1n) is 11.5. The van der Waals surface area contributed by atoms with Crippen molar-refractivity contribution in [3.05, 3.63) is 30.1 Å². The molecule has 9 heteroatoms. The maximum Gasteiger partial charge on any atom is 0.312 e. The van der Waals surface area contributed by atoms with Gasteiger partial charge in [-0.05, 0) is 51.9 Å². The number of amides is 1. The van der Waals surface area contributed by atoms with Crippen molar-refractivity contribution in [3.8, 4) is 0 Å². The van der Waals surface area contributed by atoms with Crippen LogP contribution >= 0.6 is 0 Å². The number of likely N-dealkylation sites (N-methyl/N-ethyl adjacent to an activating group) is 1. The molecule has 2 aromatic rings. The van der Waals surface area contributed by atoms with Crippen LogP contribution in [-0.4, -0.2) is 82.6 Å². The Morgan fingerprint density at radius 2 is 1.94 bits per heavy atom. The molecule has 0 bridgehead atoms. The molecule has 1 atom stereocenters. The molecular formula is C24H32N4O5. The number of esters is 1. The number of para-hydroxylation sites is 2. The van der Waals surface area contributed by atoms with Crippen molar-refractivity contribution in [3.63, 3.8) is 0 Å². The highest BCUT2D eigenvalue weighted by Gasteiger charge is 2.50. The zero-order valence-corrected chi connectivity index (χ0v) is 19.3. The summed E-state index contributed by atoms with van der Waals surface area (Å²) in [5.74, 6) is 1.57. The van der Waals surface area contributed by atoms with Crippen molar-refractivity contribution in [2.24, 2.45) is 5.41 Å². The Balaban J connectivity index is 0.000000821. The van der Waals surface area contributed by atoms with Crippen molar-refractivity contribution >= 4 is 29.4 Å². The fraction of sp³-hybridized carbons (Fsp3) is 0.583. The van der Waals surface area contributed by atoms with Gasteiger partial charge in [0.05, 0.1) is 16.4 Å². The standard InChI is InChI=1S/C23H30N4O3.CH2O2/c1-25(2)14-17-13-23(22(29)30-17)9-11-26(12-10-23)20(28)15-27-19-6-4-3-5-18(19)24-21(27)16-7-8-16;2-1-3/h3-6,16-17H,7-15H2,1-2H3;1H,(H,2,3). The number of hydrogen-bond acceptors (Lipinski definition) is 6. The number of benzene rings is 1. The number of aromatic nitrogens is 2. The third kappa shape index (κ3) is 4.88. The van der Waals surface area contributed by atoms with E-state index in [0.717, 1.165) is 42.7 Å². The Labute approximate surface area is 193 Å². The third-order valence-electron chi connectivity index (χ3n) is 6.89. The number of ether oxygens (including phenoxy) is 1. The zero-order chi connectivity index (χ0) is 23.6. The summed E-state index contributed by atoms with van der Waals surface area (Å²) in [6.45, 7) is 2.07. The smallest absolute Gasteiger partial charge is 0.312 e. The maximum absolute atomic E-state index is 13.2. The molecule has 3 aliphatic rings. The van der Waals surface area contributed by atoms with Crippen molar-refractivity contribution < 1.29 is 24.2 Å². The molecule has 1 aliphatic carbocycles. The van der Waals surface area contributed by atoms with Crippen LogP contribution in [0.1, 0.15) is 43.8 Å². The predicted octanol–water partition coefficient (Wildman–Crippen LogP) is 2.10. The van der Waals surface area contributed by atoms with Crippen molar-refractivity contribution in [1.29, 1.82) is 0 Å². The molecule has 2 saturated heterocycles. The van der Waals surface area contributed by atoms with E-state index in [1.54, 1.807) is 0 Å². The summed E-state index contributed by atoms with van der Waals surface area (Å²) < 4.78 is 7.76. The number of carboxylic acid groups (broad SMARTS) is 1. The molecule has 33 heavy (non-hydrogen) atoms. The normalized spacial score (nSPS) is 21.7. The SMILES string of the molecule is CN(C)CC1CC2(CCN(C(=O)Cn3c(C4CC4)nc4ccccc43)CC2)C(=O)O1.O=CO.